The molecule has 2 fully saturated rings. The monoisotopic (exact) mass is 1610 g/mol. The van der Waals surface area contributed by atoms with Crippen LogP contribution in [0.4, 0.5) is 4.79 Å². The molecule has 112 heavy (non-hydrogen) atoms. The number of ketones is 2. The van der Waals surface area contributed by atoms with Gasteiger partial charge in [-0.25, -0.2) is 14.3 Å². The van der Waals surface area contributed by atoms with Crippen LogP contribution in [0.5, 0.6) is 0 Å². The highest BCUT2D eigenvalue weighted by molar-refractivity contribution is 9.10. The molecule has 0 saturated carbocycles. The summed E-state index contributed by atoms with van der Waals surface area (Å²) in [5.41, 5.74) is 23.1. The highest BCUT2D eigenvalue weighted by Gasteiger charge is 2.42. The lowest BCUT2D eigenvalue weighted by molar-refractivity contribution is -0.115. The van der Waals surface area contributed by atoms with E-state index in [2.05, 4.69) is 139 Å². The second-order valence-corrected chi connectivity index (χ2v) is 30.9. The molecule has 2 unspecified atom stereocenters. The third-order valence-electron chi connectivity index (χ3n) is 16.5. The van der Waals surface area contributed by atoms with Gasteiger partial charge in [0.05, 0.1) is 11.4 Å². The lowest BCUT2D eigenvalue weighted by Gasteiger charge is -2.24. The lowest BCUT2D eigenvalue weighted by atomic mass is 10.0. The summed E-state index contributed by atoms with van der Waals surface area (Å²) >= 11 is 3.20. The number of H-pyrrole nitrogens is 2. The summed E-state index contributed by atoms with van der Waals surface area (Å²) in [6.07, 6.45) is 19.2. The molecule has 2 aliphatic heterocycles. The summed E-state index contributed by atoms with van der Waals surface area (Å²) in [6, 6.07) is 63.5. The molecule has 576 valence electrons. The van der Waals surface area contributed by atoms with E-state index in [0.29, 0.717) is 42.4 Å². The summed E-state index contributed by atoms with van der Waals surface area (Å²) < 4.78 is 46.7. The van der Waals surface area contributed by atoms with Crippen molar-refractivity contribution in [3.05, 3.63) is 264 Å². The number of likely N-dealkylation sites (tertiary alicyclic amines) is 2. The average molecular weight is 1610 g/mol. The first-order valence-corrected chi connectivity index (χ1v) is 38.9. The van der Waals surface area contributed by atoms with E-state index in [1.54, 1.807) is 46.6 Å². The number of nitrogens with one attached hydrogen (secondary N) is 2. The number of nitriles is 1. The van der Waals surface area contributed by atoms with Crippen LogP contribution in [0.2, 0.25) is 0 Å². The first-order chi connectivity index (χ1) is 53.9. The number of nitrogens with zero attached hydrogens (tertiary/aromatic N) is 12. The molecule has 2 aliphatic rings. The van der Waals surface area contributed by atoms with E-state index >= 15 is 0 Å². The summed E-state index contributed by atoms with van der Waals surface area (Å²) in [5.74, 6) is 2.20. The van der Waals surface area contributed by atoms with Gasteiger partial charge in [-0.2, -0.15) is 20.2 Å². The highest BCUT2D eigenvalue weighted by atomic mass is 79.9. The van der Waals surface area contributed by atoms with Crippen molar-refractivity contribution >= 4 is 66.8 Å². The Balaban J connectivity index is 0.000000189. The van der Waals surface area contributed by atoms with Crippen molar-refractivity contribution < 1.29 is 60.7 Å². The van der Waals surface area contributed by atoms with Crippen LogP contribution >= 0.6 is 31.1 Å². The molecule has 0 radical (unpaired) electrons. The van der Waals surface area contributed by atoms with Gasteiger partial charge in [-0.15, -0.1) is 6.42 Å². The molecule has 13 rings (SSSR count). The van der Waals surface area contributed by atoms with Crippen LogP contribution in [0.3, 0.4) is 0 Å². The molecule has 1 amide bonds. The molecule has 7 aromatic heterocycles. The number of rotatable bonds is 18. The van der Waals surface area contributed by atoms with Crippen molar-refractivity contribution in [3.8, 4) is 85.8 Å². The minimum Gasteiger partial charge on any atom is -0.444 e. The van der Waals surface area contributed by atoms with E-state index in [9.17, 15) is 33.1 Å². The second kappa shape index (κ2) is 44.0. The van der Waals surface area contributed by atoms with Gasteiger partial charge in [0.25, 0.3) is 0 Å². The van der Waals surface area contributed by atoms with Crippen molar-refractivity contribution in [2.24, 2.45) is 0 Å². The van der Waals surface area contributed by atoms with E-state index in [-0.39, 0.29) is 24.0 Å². The Kier molecular flexibility index (Phi) is 34.3. The maximum Gasteiger partial charge on any atom is 0.446 e. The topological polar surface area (TPSA) is 354 Å². The van der Waals surface area contributed by atoms with Crippen molar-refractivity contribution in [2.75, 3.05) is 60.8 Å². The van der Waals surface area contributed by atoms with Crippen LogP contribution in [-0.2, 0) is 41.6 Å². The fraction of sp³-hybridized carbons (Fsp3) is 0.229. The quantitative estimate of drug-likeness (QED) is 0.0153. The number of pyridine rings is 5. The van der Waals surface area contributed by atoms with Crippen LogP contribution in [0.1, 0.15) is 97.4 Å². The maximum atomic E-state index is 12.3. The smallest absolute Gasteiger partial charge is 0.444 e. The third kappa shape index (κ3) is 27.2. The number of hydrogen-bond donors (Lipinski definition) is 2. The van der Waals surface area contributed by atoms with Crippen LogP contribution < -0.4 is 0 Å². The fourth-order valence-electron chi connectivity index (χ4n) is 10.7. The standard InChI is InChI=1S/C23H26N4O2.C19H17N5.C13H9N.C12H9NO.C6H4BrNO.C5H9N2O4P.C5H11O4P/c1-23(2,3)29-22(28)27-12-11-18(15-27)20-13-21(26-25-20)19-10-9-17(14-24-19)16-7-5-4-6-8-16;20-13-24-9-8-16(12-24)18-10-19(23-22-18)17-7-6-15(11-21-17)14-4-2-1-3-5-14;1-2-13-9-8-12(10-14-13)11-6-4-3-5-7-11;14-9-12-7-6-11(8-13-12)10-4-2-1-3-5-10;7-5-1-2-6(4-9)8-3-5;1-4(8)5(7-6)12(9,10-2)11-3;1-5(6)4-10(7,8-2)9-3/h4-10,13-14,18H,11-12,15H2,1-3H3,(H,25,26);1-7,10-11,16H,8-9,12H2,(H,22,23);1,3-10H;1-9H;1-4H;1-3H3;4H2,1-3H3. The zero-order valence-corrected chi connectivity index (χ0v) is 66.6. The summed E-state index contributed by atoms with van der Waals surface area (Å²) in [4.78, 5) is 81.0. The zero-order chi connectivity index (χ0) is 81.1. The number of ether oxygens (including phenoxy) is 1. The van der Waals surface area contributed by atoms with E-state index in [0.717, 1.165) is 137 Å². The molecule has 26 nitrogen and oxygen atoms in total. The third-order valence-corrected chi connectivity index (χ3v) is 20.8. The Labute approximate surface area is 659 Å². The number of amides is 1. The average Bonchev–Trinajstić information content (AvgIpc) is 1.68. The van der Waals surface area contributed by atoms with Gasteiger partial charge in [-0.1, -0.05) is 152 Å². The van der Waals surface area contributed by atoms with Gasteiger partial charge in [0.15, 0.2) is 18.8 Å². The van der Waals surface area contributed by atoms with Crippen molar-refractivity contribution in [2.45, 2.75) is 64.9 Å². The van der Waals surface area contributed by atoms with E-state index in [1.165, 1.54) is 21.1 Å². The SMILES string of the molecule is C#Cc1ccc(-c2ccccc2)cn1.CC(C)(C)OC(=O)N1CCC(c2cc(-c3ccc(-c4ccccc4)cn3)n[nH]2)C1.COP(=O)(CC(C)=O)OC.COP(=O)(OC)C(=[N+]=[N-])C(C)=O.N#CN1CCC(c2cc(-c3ccc(-c4ccccc4)cn3)n[nH]2)C1.O=Cc1ccc(-c2ccccc2)cn1.O=Cc1ccc(Br)cn1. The lowest BCUT2D eigenvalue weighted by Crippen LogP contribution is -2.35. The van der Waals surface area contributed by atoms with E-state index in [4.69, 9.17) is 22.0 Å². The van der Waals surface area contributed by atoms with Crippen LogP contribution in [0, 0.1) is 23.8 Å². The number of Topliss-reactive ketones (excluding diaryl/α,β-unsaturated/α-hetero) is 2. The molecular formula is C83H85BrN14O12P2. The molecular weight excluding hydrogens is 1530 g/mol. The number of benzene rings is 4. The Hall–Kier alpha value is -12.0. The predicted octanol–water partition coefficient (Wildman–Crippen LogP) is 17.0. The molecule has 2 N–H and O–H groups in total. The highest BCUT2D eigenvalue weighted by Crippen LogP contribution is 2.47. The van der Waals surface area contributed by atoms with Gasteiger partial charge in [0.2, 0.25) is 5.78 Å². The molecule has 0 bridgehead atoms. The minimum absolute atomic E-state index is 0.153. The first kappa shape index (κ1) is 87.2. The maximum absolute atomic E-state index is 12.3. The minimum atomic E-state index is -3.70. The van der Waals surface area contributed by atoms with Gasteiger partial charge in [-0.05, 0) is 127 Å². The number of aromatic amines is 2. The Morgan fingerprint density at radius 2 is 0.991 bits per heavy atom. The number of halogens is 1. The predicted molar refractivity (Wildman–Crippen MR) is 432 cm³/mol. The van der Waals surface area contributed by atoms with Crippen molar-refractivity contribution in [1.82, 2.24) is 55.1 Å². The number of carbonyl (C=O) groups is 5. The van der Waals surface area contributed by atoms with Crippen molar-refractivity contribution in [3.63, 3.8) is 0 Å². The molecule has 2 atom stereocenters. The number of aldehydes is 2. The van der Waals surface area contributed by atoms with Gasteiger partial charge in [-0.3, -0.25) is 53.9 Å². The molecule has 11 aromatic rings. The second-order valence-electron chi connectivity index (χ2n) is 25.6. The Morgan fingerprint density at radius 3 is 1.30 bits per heavy atom. The first-order valence-electron chi connectivity index (χ1n) is 34.8. The molecule has 9 heterocycles. The molecule has 4 aromatic carbocycles. The normalized spacial score (nSPS) is 13.2. The summed E-state index contributed by atoms with van der Waals surface area (Å²) in [7, 11) is -2.08. The van der Waals surface area contributed by atoms with Crippen LogP contribution in [0.25, 0.3) is 72.8 Å². The number of terminal acetylenes is 1. The van der Waals surface area contributed by atoms with Crippen molar-refractivity contribution in [1.29, 1.82) is 5.26 Å². The summed E-state index contributed by atoms with van der Waals surface area (Å²) in [6.45, 7) is 11.0. The van der Waals surface area contributed by atoms with E-state index < -0.39 is 32.0 Å². The van der Waals surface area contributed by atoms with Gasteiger partial charge >= 0.3 is 26.7 Å². The van der Waals surface area contributed by atoms with Gasteiger partial charge < -0.3 is 38.2 Å². The number of carbonyl (C=O) groups excluding carboxylic acids is 5. The Morgan fingerprint density at radius 1 is 0.571 bits per heavy atom. The zero-order valence-electron chi connectivity index (χ0n) is 63.2. The fourth-order valence-corrected chi connectivity index (χ4v) is 12.9. The number of hydrogen-bond acceptors (Lipinski definition) is 21. The largest absolute Gasteiger partial charge is 0.446 e. The Bertz CT molecular complexity index is 5050. The van der Waals surface area contributed by atoms with Crippen LogP contribution in [0.15, 0.2) is 230 Å². The van der Waals surface area contributed by atoms with Crippen LogP contribution in [-0.4, -0.2) is 162 Å². The number of aromatic nitrogens is 9. The molecule has 0 aliphatic carbocycles. The molecule has 2 saturated heterocycles. The van der Waals surface area contributed by atoms with Gasteiger partial charge in [0, 0.05) is 142 Å². The van der Waals surface area contributed by atoms with E-state index in [1.807, 2.05) is 167 Å². The molecule has 0 spiro atoms. The molecule has 29 heteroatoms. The van der Waals surface area contributed by atoms with Gasteiger partial charge in [0.1, 0.15) is 46.0 Å². The summed E-state index contributed by atoms with van der Waals surface area (Å²) in [5, 5.41) is 24.1.